The second-order valence-electron chi connectivity index (χ2n) is 3.94. The predicted molar refractivity (Wildman–Crippen MR) is 75.2 cm³/mol. The van der Waals surface area contributed by atoms with E-state index in [0.29, 0.717) is 17.1 Å². The van der Waals surface area contributed by atoms with Crippen molar-refractivity contribution in [1.29, 1.82) is 0 Å². The number of thioether (sulfide) groups is 1. The summed E-state index contributed by atoms with van der Waals surface area (Å²) in [6.07, 6.45) is 1.52. The van der Waals surface area contributed by atoms with Gasteiger partial charge in [0.2, 0.25) is 0 Å². The van der Waals surface area contributed by atoms with E-state index in [0.717, 1.165) is 11.8 Å². The van der Waals surface area contributed by atoms with Gasteiger partial charge in [-0.15, -0.1) is 0 Å². The molecule has 0 radical (unpaired) electrons. The number of carboxylic acid groups (broad SMARTS) is 1. The zero-order chi connectivity index (χ0) is 15.4. The number of hydrogen-bond acceptors (Lipinski definition) is 6. The molecule has 1 saturated heterocycles. The third-order valence-corrected chi connectivity index (χ3v) is 3.31. The molecule has 2 rings (SSSR count). The Hall–Kier alpha value is -2.48. The number of nitrogens with one attached hydrogen (secondary N) is 1. The summed E-state index contributed by atoms with van der Waals surface area (Å²) >= 11 is 0.803. The normalized spacial score (nSPS) is 16.0. The third kappa shape index (κ3) is 3.76. The first-order valence-corrected chi connectivity index (χ1v) is 6.58. The largest absolute Gasteiger partial charge is 0.496 e. The molecule has 0 saturated carbocycles. The first-order chi connectivity index (χ1) is 9.99. The van der Waals surface area contributed by atoms with Crippen LogP contribution in [-0.2, 0) is 9.59 Å². The van der Waals surface area contributed by atoms with Crippen molar-refractivity contribution >= 4 is 35.0 Å². The summed E-state index contributed by atoms with van der Waals surface area (Å²) in [6, 6.07) is 4.67. The molecule has 0 spiro atoms. The van der Waals surface area contributed by atoms with E-state index in [1.54, 1.807) is 12.1 Å². The lowest BCUT2D eigenvalue weighted by Gasteiger charge is -2.09. The van der Waals surface area contributed by atoms with Crippen molar-refractivity contribution in [2.24, 2.45) is 0 Å². The topological polar surface area (TPSA) is 102 Å². The lowest BCUT2D eigenvalue weighted by atomic mass is 10.1. The van der Waals surface area contributed by atoms with Crippen molar-refractivity contribution in [3.05, 3.63) is 28.7 Å². The molecule has 1 heterocycles. The Bertz CT molecular complexity index is 640. The fraction of sp³-hybridized carbons (Fsp3) is 0.154. The number of carbonyl (C=O) groups excluding carboxylic acids is 2. The highest BCUT2D eigenvalue weighted by atomic mass is 32.2. The van der Waals surface area contributed by atoms with Gasteiger partial charge in [-0.05, 0) is 30.0 Å². The van der Waals surface area contributed by atoms with E-state index in [-0.39, 0.29) is 4.91 Å². The van der Waals surface area contributed by atoms with Gasteiger partial charge >= 0.3 is 5.97 Å². The summed E-state index contributed by atoms with van der Waals surface area (Å²) < 4.78 is 10.2. The highest BCUT2D eigenvalue weighted by Crippen LogP contribution is 2.31. The number of methoxy groups -OCH3 is 1. The summed E-state index contributed by atoms with van der Waals surface area (Å²) in [7, 11) is 1.44. The van der Waals surface area contributed by atoms with Crippen LogP contribution < -0.4 is 14.8 Å². The molecule has 0 aromatic heterocycles. The van der Waals surface area contributed by atoms with Gasteiger partial charge in [0.05, 0.1) is 12.0 Å². The zero-order valence-corrected chi connectivity index (χ0v) is 11.7. The molecule has 0 unspecified atom stereocenters. The Morgan fingerprint density at radius 3 is 2.76 bits per heavy atom. The van der Waals surface area contributed by atoms with Gasteiger partial charge in [-0.2, -0.15) is 0 Å². The first kappa shape index (κ1) is 14.9. The predicted octanol–water partition coefficient (Wildman–Crippen LogP) is 1.48. The minimum atomic E-state index is -1.09. The summed E-state index contributed by atoms with van der Waals surface area (Å²) in [5.41, 5.74) is 0.576. The van der Waals surface area contributed by atoms with Crippen molar-refractivity contribution in [3.63, 3.8) is 0 Å². The Kier molecular flexibility index (Phi) is 4.49. The number of hydrogen-bond donors (Lipinski definition) is 2. The van der Waals surface area contributed by atoms with Crippen molar-refractivity contribution in [3.8, 4) is 11.5 Å². The van der Waals surface area contributed by atoms with Gasteiger partial charge in [-0.1, -0.05) is 0 Å². The summed E-state index contributed by atoms with van der Waals surface area (Å²) in [6.45, 7) is -0.462. The maximum atomic E-state index is 11.5. The van der Waals surface area contributed by atoms with Gasteiger partial charge in [-0.25, -0.2) is 4.79 Å². The molecular weight excluding hydrogens is 298 g/mol. The minimum absolute atomic E-state index is 0.262. The van der Waals surface area contributed by atoms with Crippen molar-refractivity contribution in [2.45, 2.75) is 0 Å². The molecule has 2 N–H and O–H groups in total. The van der Waals surface area contributed by atoms with Gasteiger partial charge in [0.1, 0.15) is 11.5 Å². The van der Waals surface area contributed by atoms with Crippen molar-refractivity contribution in [2.75, 3.05) is 13.7 Å². The average molecular weight is 309 g/mol. The maximum Gasteiger partial charge on any atom is 0.341 e. The van der Waals surface area contributed by atoms with E-state index in [9.17, 15) is 14.4 Å². The molecule has 7 nitrogen and oxygen atoms in total. The van der Waals surface area contributed by atoms with Gasteiger partial charge in [0.15, 0.2) is 6.61 Å². The second-order valence-corrected chi connectivity index (χ2v) is 4.95. The zero-order valence-electron chi connectivity index (χ0n) is 10.9. The molecule has 2 amide bonds. The molecule has 1 aromatic carbocycles. The Labute approximate surface area is 123 Å². The lowest BCUT2D eigenvalue weighted by molar-refractivity contribution is -0.139. The first-order valence-electron chi connectivity index (χ1n) is 5.77. The van der Waals surface area contributed by atoms with E-state index in [1.807, 2.05) is 0 Å². The highest BCUT2D eigenvalue weighted by Gasteiger charge is 2.25. The summed E-state index contributed by atoms with van der Waals surface area (Å²) in [4.78, 5) is 33.3. The highest BCUT2D eigenvalue weighted by molar-refractivity contribution is 8.18. The van der Waals surface area contributed by atoms with Crippen LogP contribution in [0.3, 0.4) is 0 Å². The van der Waals surface area contributed by atoms with E-state index in [2.05, 4.69) is 5.32 Å². The monoisotopic (exact) mass is 309 g/mol. The molecule has 0 aliphatic carbocycles. The summed E-state index contributed by atoms with van der Waals surface area (Å²) in [5.74, 6) is -0.815. The molecule has 110 valence electrons. The van der Waals surface area contributed by atoms with E-state index >= 15 is 0 Å². The van der Waals surface area contributed by atoms with Crippen molar-refractivity contribution < 1.29 is 29.0 Å². The number of ether oxygens (including phenoxy) is 2. The lowest BCUT2D eigenvalue weighted by Crippen LogP contribution is -2.17. The van der Waals surface area contributed by atoms with Crippen LogP contribution in [-0.4, -0.2) is 35.9 Å². The standard InChI is InChI=1S/C13H11NO6S/c1-19-9-5-8(20-6-11(15)16)3-2-7(9)4-10-12(17)14-13(18)21-10/h2-5H,6H2,1H3,(H,15,16)(H,14,17,18)/b10-4-. The van der Waals surface area contributed by atoms with Gasteiger partial charge in [0, 0.05) is 11.6 Å². The molecule has 8 heteroatoms. The van der Waals surface area contributed by atoms with Crippen molar-refractivity contribution in [1.82, 2.24) is 5.32 Å². The smallest absolute Gasteiger partial charge is 0.341 e. The number of imide groups is 1. The van der Waals surface area contributed by atoms with Crippen LogP contribution in [0.5, 0.6) is 11.5 Å². The number of rotatable bonds is 5. The van der Waals surface area contributed by atoms with Gasteiger partial charge in [-0.3, -0.25) is 14.9 Å². The van der Waals surface area contributed by atoms with E-state index in [4.69, 9.17) is 14.6 Å². The number of aliphatic carboxylic acids is 1. The molecule has 1 aliphatic rings. The Morgan fingerprint density at radius 2 is 2.19 bits per heavy atom. The number of carboxylic acids is 1. The van der Waals surface area contributed by atoms with Crippen LogP contribution in [0.25, 0.3) is 6.08 Å². The number of carbonyl (C=O) groups is 3. The molecule has 1 aliphatic heterocycles. The molecule has 21 heavy (non-hydrogen) atoms. The minimum Gasteiger partial charge on any atom is -0.496 e. The molecular formula is C13H11NO6S. The average Bonchev–Trinajstić information content (AvgIpc) is 2.75. The van der Waals surface area contributed by atoms with E-state index in [1.165, 1.54) is 19.3 Å². The van der Waals surface area contributed by atoms with Gasteiger partial charge < -0.3 is 14.6 Å². The van der Waals surface area contributed by atoms with Crippen LogP contribution in [0.2, 0.25) is 0 Å². The van der Waals surface area contributed by atoms with Gasteiger partial charge in [0.25, 0.3) is 11.1 Å². The summed E-state index contributed by atoms with van der Waals surface area (Å²) in [5, 5.41) is 10.3. The quantitative estimate of drug-likeness (QED) is 0.794. The second kappa shape index (κ2) is 6.31. The third-order valence-electron chi connectivity index (χ3n) is 2.50. The maximum absolute atomic E-state index is 11.5. The van der Waals surface area contributed by atoms with Crippen LogP contribution in [0, 0.1) is 0 Å². The number of benzene rings is 1. The molecule has 0 bridgehead atoms. The molecule has 0 atom stereocenters. The Morgan fingerprint density at radius 1 is 1.43 bits per heavy atom. The number of amides is 2. The SMILES string of the molecule is COc1cc(OCC(=O)O)ccc1/C=C1\SC(=O)NC1=O. The fourth-order valence-electron chi connectivity index (χ4n) is 1.61. The van der Waals surface area contributed by atoms with E-state index < -0.39 is 23.7 Å². The fourth-order valence-corrected chi connectivity index (χ4v) is 2.28. The van der Waals surface area contributed by atoms with Crippen LogP contribution in [0.4, 0.5) is 4.79 Å². The van der Waals surface area contributed by atoms with Crippen LogP contribution in [0.15, 0.2) is 23.1 Å². The molecule has 1 fully saturated rings. The Balaban J connectivity index is 2.24. The molecule has 1 aromatic rings. The van der Waals surface area contributed by atoms with Crippen LogP contribution in [0.1, 0.15) is 5.56 Å². The van der Waals surface area contributed by atoms with Crippen LogP contribution >= 0.6 is 11.8 Å².